The number of aliphatic carboxylic acids is 2. The number of carboxylic acids is 2. The first-order valence-corrected chi connectivity index (χ1v) is 8.11. The molecule has 0 saturated carbocycles. The molecule has 10 nitrogen and oxygen atoms in total. The number of aliphatic hydroxyl groups is 1. The number of carbonyl (C=O) groups excluding carboxylic acids is 2. The molecule has 0 aromatic carbocycles. The van der Waals surface area contributed by atoms with Crippen LogP contribution in [0.3, 0.4) is 0 Å². The molecule has 1 heterocycles. The quantitative estimate of drug-likeness (QED) is 0.380. The third-order valence-corrected chi connectivity index (χ3v) is 3.92. The number of likely N-dealkylation sites (tertiary alicyclic amines) is 1. The largest absolute Gasteiger partial charge is 0.480 e. The van der Waals surface area contributed by atoms with Gasteiger partial charge in [0.1, 0.15) is 18.1 Å². The number of carbonyl (C=O) groups is 4. The molecule has 0 radical (unpaired) electrons. The van der Waals surface area contributed by atoms with Crippen LogP contribution in [0.4, 0.5) is 4.79 Å². The zero-order chi connectivity index (χ0) is 19.1. The Morgan fingerprint density at radius 1 is 1.12 bits per heavy atom. The summed E-state index contributed by atoms with van der Waals surface area (Å²) in [7, 11) is 0. The summed E-state index contributed by atoms with van der Waals surface area (Å²) >= 11 is 0. The summed E-state index contributed by atoms with van der Waals surface area (Å²) in [6.07, 6.45) is 1.02. The molecular weight excluding hydrogens is 334 g/mol. The third kappa shape index (κ3) is 5.89. The van der Waals surface area contributed by atoms with Gasteiger partial charge >= 0.3 is 18.0 Å². The van der Waals surface area contributed by atoms with Crippen LogP contribution in [-0.4, -0.2) is 75.4 Å². The van der Waals surface area contributed by atoms with Gasteiger partial charge < -0.3 is 30.9 Å². The van der Waals surface area contributed by atoms with Crippen LogP contribution >= 0.6 is 0 Å². The van der Waals surface area contributed by atoms with E-state index in [2.05, 4.69) is 10.6 Å². The van der Waals surface area contributed by atoms with Crippen molar-refractivity contribution in [3.8, 4) is 0 Å². The zero-order valence-corrected chi connectivity index (χ0v) is 14.3. The van der Waals surface area contributed by atoms with E-state index in [0.29, 0.717) is 12.8 Å². The highest BCUT2D eigenvalue weighted by atomic mass is 16.4. The van der Waals surface area contributed by atoms with E-state index in [-0.39, 0.29) is 18.9 Å². The number of hydrogen-bond acceptors (Lipinski definition) is 5. The van der Waals surface area contributed by atoms with Crippen LogP contribution in [0.15, 0.2) is 0 Å². The van der Waals surface area contributed by atoms with Gasteiger partial charge in [-0.2, -0.15) is 0 Å². The summed E-state index contributed by atoms with van der Waals surface area (Å²) in [5.74, 6) is -3.04. The molecule has 0 unspecified atom stereocenters. The molecule has 0 bridgehead atoms. The van der Waals surface area contributed by atoms with E-state index in [1.54, 1.807) is 13.8 Å². The van der Waals surface area contributed by atoms with Crippen molar-refractivity contribution in [3.05, 3.63) is 0 Å². The predicted molar refractivity (Wildman–Crippen MR) is 85.8 cm³/mol. The molecule has 1 fully saturated rings. The van der Waals surface area contributed by atoms with Crippen LogP contribution < -0.4 is 10.6 Å². The van der Waals surface area contributed by atoms with E-state index in [9.17, 15) is 24.3 Å². The van der Waals surface area contributed by atoms with Crippen LogP contribution in [0.25, 0.3) is 0 Å². The minimum absolute atomic E-state index is 0.0256. The van der Waals surface area contributed by atoms with E-state index < -0.39 is 48.6 Å². The van der Waals surface area contributed by atoms with E-state index in [4.69, 9.17) is 10.2 Å². The number of urea groups is 1. The SMILES string of the molecule is CC(C)C[C@H](NC(=O)N[C@@H](CO)C(=O)N1CCC[C@@H]1C(=O)O)C(=O)O. The Labute approximate surface area is 145 Å². The van der Waals surface area contributed by atoms with Crippen molar-refractivity contribution < 1.29 is 34.5 Å². The minimum atomic E-state index is -1.34. The molecule has 0 spiro atoms. The molecule has 0 aromatic rings. The van der Waals surface area contributed by atoms with Crippen molar-refractivity contribution in [2.24, 2.45) is 5.92 Å². The molecule has 1 aliphatic heterocycles. The van der Waals surface area contributed by atoms with E-state index in [0.717, 1.165) is 4.90 Å². The Kier molecular flexibility index (Phi) is 7.62. The summed E-state index contributed by atoms with van der Waals surface area (Å²) in [6.45, 7) is 3.10. The molecule has 1 rings (SSSR count). The van der Waals surface area contributed by atoms with Crippen LogP contribution in [-0.2, 0) is 14.4 Å². The van der Waals surface area contributed by atoms with Crippen molar-refractivity contribution in [1.82, 2.24) is 15.5 Å². The lowest BCUT2D eigenvalue weighted by Gasteiger charge is -2.27. The molecule has 10 heteroatoms. The van der Waals surface area contributed by atoms with E-state index in [1.165, 1.54) is 0 Å². The van der Waals surface area contributed by atoms with Crippen molar-refractivity contribution in [2.45, 2.75) is 51.2 Å². The normalized spacial score (nSPS) is 19.4. The third-order valence-electron chi connectivity index (χ3n) is 3.92. The van der Waals surface area contributed by atoms with Gasteiger partial charge in [-0.05, 0) is 25.2 Å². The van der Waals surface area contributed by atoms with Gasteiger partial charge in [-0.25, -0.2) is 14.4 Å². The van der Waals surface area contributed by atoms with Crippen LogP contribution in [0.5, 0.6) is 0 Å². The Hall–Kier alpha value is -2.36. The fourth-order valence-corrected chi connectivity index (χ4v) is 2.72. The second-order valence-electron chi connectivity index (χ2n) is 6.40. The maximum atomic E-state index is 12.4. The van der Waals surface area contributed by atoms with Crippen molar-refractivity contribution in [2.75, 3.05) is 13.2 Å². The molecule has 25 heavy (non-hydrogen) atoms. The first kappa shape index (κ1) is 20.7. The lowest BCUT2D eigenvalue weighted by atomic mass is 10.0. The summed E-state index contributed by atoms with van der Waals surface area (Å²) < 4.78 is 0. The first-order valence-electron chi connectivity index (χ1n) is 8.11. The fraction of sp³-hybridized carbons (Fsp3) is 0.733. The zero-order valence-electron chi connectivity index (χ0n) is 14.3. The van der Waals surface area contributed by atoms with Gasteiger partial charge in [0, 0.05) is 6.54 Å². The van der Waals surface area contributed by atoms with Gasteiger partial charge in [-0.15, -0.1) is 0 Å². The first-order chi connectivity index (χ1) is 11.7. The van der Waals surface area contributed by atoms with E-state index >= 15 is 0 Å². The highest BCUT2D eigenvalue weighted by molar-refractivity contribution is 5.91. The number of nitrogens with zero attached hydrogens (tertiary/aromatic N) is 1. The smallest absolute Gasteiger partial charge is 0.326 e. The maximum absolute atomic E-state index is 12.4. The van der Waals surface area contributed by atoms with Gasteiger partial charge in [0.2, 0.25) is 5.91 Å². The average molecular weight is 359 g/mol. The molecule has 3 amide bonds. The second-order valence-corrected chi connectivity index (χ2v) is 6.40. The molecule has 0 aromatic heterocycles. The minimum Gasteiger partial charge on any atom is -0.480 e. The van der Waals surface area contributed by atoms with Crippen molar-refractivity contribution >= 4 is 23.9 Å². The lowest BCUT2D eigenvalue weighted by Crippen LogP contribution is -2.56. The summed E-state index contributed by atoms with van der Waals surface area (Å²) in [5.41, 5.74) is 0. The second kappa shape index (κ2) is 9.21. The Morgan fingerprint density at radius 3 is 2.20 bits per heavy atom. The topological polar surface area (TPSA) is 156 Å². The maximum Gasteiger partial charge on any atom is 0.326 e. The molecule has 1 aliphatic rings. The Morgan fingerprint density at radius 2 is 1.72 bits per heavy atom. The monoisotopic (exact) mass is 359 g/mol. The van der Waals surface area contributed by atoms with Gasteiger partial charge in [0.15, 0.2) is 0 Å². The standard InChI is InChI=1S/C15H25N3O7/c1-8(2)6-9(13(21)22)16-15(25)17-10(7-19)12(20)18-5-3-4-11(18)14(23)24/h8-11,19H,3-7H2,1-2H3,(H,21,22)(H,23,24)(H2,16,17,25)/t9-,10-,11+/m0/s1. The van der Waals surface area contributed by atoms with Gasteiger partial charge in [0.25, 0.3) is 0 Å². The number of hydrogen-bond donors (Lipinski definition) is 5. The van der Waals surface area contributed by atoms with Gasteiger partial charge in [-0.1, -0.05) is 13.8 Å². The highest BCUT2D eigenvalue weighted by Gasteiger charge is 2.37. The van der Waals surface area contributed by atoms with Gasteiger partial charge in [-0.3, -0.25) is 4.79 Å². The van der Waals surface area contributed by atoms with Crippen LogP contribution in [0, 0.1) is 5.92 Å². The number of rotatable bonds is 8. The summed E-state index contributed by atoms with van der Waals surface area (Å²) in [4.78, 5) is 47.7. The Balaban J connectivity index is 2.70. The van der Waals surface area contributed by atoms with E-state index in [1.807, 2.05) is 0 Å². The number of carboxylic acid groups (broad SMARTS) is 2. The summed E-state index contributed by atoms with van der Waals surface area (Å²) in [5, 5.41) is 32.0. The molecular formula is C15H25N3O7. The number of amides is 3. The summed E-state index contributed by atoms with van der Waals surface area (Å²) in [6, 6.07) is -4.37. The molecule has 1 saturated heterocycles. The Bertz CT molecular complexity index is 523. The number of aliphatic hydroxyl groups excluding tert-OH is 1. The predicted octanol–water partition coefficient (Wildman–Crippen LogP) is -0.779. The molecule has 5 N–H and O–H groups in total. The molecule has 0 aliphatic carbocycles. The lowest BCUT2D eigenvalue weighted by molar-refractivity contribution is -0.149. The fourth-order valence-electron chi connectivity index (χ4n) is 2.72. The van der Waals surface area contributed by atoms with Crippen molar-refractivity contribution in [3.63, 3.8) is 0 Å². The number of nitrogens with one attached hydrogen (secondary N) is 2. The average Bonchev–Trinajstić information content (AvgIpc) is 3.00. The van der Waals surface area contributed by atoms with Crippen LogP contribution in [0.1, 0.15) is 33.1 Å². The molecule has 3 atom stereocenters. The van der Waals surface area contributed by atoms with Gasteiger partial charge in [0.05, 0.1) is 6.61 Å². The van der Waals surface area contributed by atoms with Crippen molar-refractivity contribution in [1.29, 1.82) is 0 Å². The molecule has 142 valence electrons. The van der Waals surface area contributed by atoms with Crippen LogP contribution in [0.2, 0.25) is 0 Å². The highest BCUT2D eigenvalue weighted by Crippen LogP contribution is 2.18.